The van der Waals surface area contributed by atoms with E-state index in [9.17, 15) is 19.5 Å². The summed E-state index contributed by atoms with van der Waals surface area (Å²) in [6.45, 7) is 2.23. The van der Waals surface area contributed by atoms with E-state index in [-0.39, 0.29) is 13.0 Å². The molecule has 0 aromatic heterocycles. The molecule has 0 amide bonds. The van der Waals surface area contributed by atoms with Gasteiger partial charge in [-0.05, 0) is 57.8 Å². The minimum absolute atomic E-state index is 0.0576. The number of likely N-dealkylation sites (N-methyl/N-ethyl adjacent to an activating group) is 1. The Bertz CT molecular complexity index is 536. The summed E-state index contributed by atoms with van der Waals surface area (Å²) in [6, 6.07) is 0. The molecular formula is C25H51NO4P+. The van der Waals surface area contributed by atoms with Crippen molar-refractivity contribution in [1.29, 1.82) is 0 Å². The Balaban J connectivity index is 3.66. The highest BCUT2D eigenvalue weighted by molar-refractivity contribution is 7.53. The van der Waals surface area contributed by atoms with Crippen LogP contribution < -0.4 is 0 Å². The van der Waals surface area contributed by atoms with Gasteiger partial charge in [-0.15, -0.1) is 0 Å². The summed E-state index contributed by atoms with van der Waals surface area (Å²) in [5.41, 5.74) is 0. The molecular weight excluding hydrogens is 409 g/mol. The van der Waals surface area contributed by atoms with Gasteiger partial charge in [-0.1, -0.05) is 69.8 Å². The topological polar surface area (TPSA) is 77.8 Å². The first kappa shape index (κ1) is 30.6. The first-order chi connectivity index (χ1) is 14.5. The van der Waals surface area contributed by atoms with E-state index >= 15 is 0 Å². The van der Waals surface area contributed by atoms with Gasteiger partial charge in [-0.3, -0.25) is 4.57 Å². The molecule has 0 saturated heterocycles. The van der Waals surface area contributed by atoms with Crippen LogP contribution in [0.3, 0.4) is 0 Å². The lowest BCUT2D eigenvalue weighted by atomic mass is 10.0. The largest absolute Gasteiger partial charge is 0.373 e. The van der Waals surface area contributed by atoms with Crippen molar-refractivity contribution >= 4 is 7.60 Å². The first-order valence-corrected chi connectivity index (χ1v) is 14.0. The quantitative estimate of drug-likeness (QED) is 0.0834. The highest BCUT2D eigenvalue weighted by Gasteiger charge is 2.48. The summed E-state index contributed by atoms with van der Waals surface area (Å²) in [5, 5.41) is 8.62. The molecule has 3 N–H and O–H groups in total. The standard InChI is InChI=1S/C25H50NO4P/c1-5-6-7-8-9-10-11-12-13-14-15-16-17-18-19-20-21-22-23-25(27,31(28,29)30)24-26(2,3)4/h6-7,12-13,27H,5,8-11,14-24H2,1-4H3,(H-,28,29,30)/p+1/b7-6-,13-12-. The van der Waals surface area contributed by atoms with Crippen molar-refractivity contribution in [2.24, 2.45) is 0 Å². The van der Waals surface area contributed by atoms with Crippen LogP contribution in [0.1, 0.15) is 103 Å². The normalized spacial score (nSPS) is 15.2. The van der Waals surface area contributed by atoms with Gasteiger partial charge in [0, 0.05) is 0 Å². The number of allylic oxidation sites excluding steroid dienone is 4. The maximum absolute atomic E-state index is 11.8. The predicted molar refractivity (Wildman–Crippen MR) is 133 cm³/mol. The zero-order valence-corrected chi connectivity index (χ0v) is 21.7. The van der Waals surface area contributed by atoms with Gasteiger partial charge in [0.1, 0.15) is 6.54 Å². The summed E-state index contributed by atoms with van der Waals surface area (Å²) < 4.78 is 12.1. The molecule has 1 unspecified atom stereocenters. The van der Waals surface area contributed by atoms with Crippen molar-refractivity contribution in [2.45, 2.75) is 109 Å². The molecule has 0 aromatic rings. The van der Waals surface area contributed by atoms with Gasteiger partial charge in [0.15, 0.2) is 0 Å². The molecule has 0 aliphatic carbocycles. The molecule has 0 saturated carbocycles. The average molecular weight is 461 g/mol. The average Bonchev–Trinajstić information content (AvgIpc) is 2.65. The third kappa shape index (κ3) is 17.7. The molecule has 0 aromatic carbocycles. The first-order valence-electron chi connectivity index (χ1n) is 12.4. The third-order valence-corrected chi connectivity index (χ3v) is 6.98. The van der Waals surface area contributed by atoms with Crippen LogP contribution in [-0.2, 0) is 4.57 Å². The number of hydrogen-bond donors (Lipinski definition) is 3. The van der Waals surface area contributed by atoms with Gasteiger partial charge >= 0.3 is 7.60 Å². The Morgan fingerprint density at radius 1 is 0.710 bits per heavy atom. The van der Waals surface area contributed by atoms with Gasteiger partial charge in [-0.2, -0.15) is 0 Å². The predicted octanol–water partition coefficient (Wildman–Crippen LogP) is 6.54. The molecule has 0 spiro atoms. The van der Waals surface area contributed by atoms with Crippen molar-refractivity contribution in [3.8, 4) is 0 Å². The molecule has 0 rings (SSSR count). The monoisotopic (exact) mass is 460 g/mol. The van der Waals surface area contributed by atoms with Crippen LogP contribution in [-0.4, -0.2) is 52.4 Å². The van der Waals surface area contributed by atoms with Gasteiger partial charge in [-0.25, -0.2) is 0 Å². The van der Waals surface area contributed by atoms with Crippen molar-refractivity contribution in [1.82, 2.24) is 0 Å². The second kappa shape index (κ2) is 17.1. The maximum Gasteiger partial charge on any atom is 0.362 e. The fraction of sp³-hybridized carbons (Fsp3) is 0.840. The second-order valence-electron chi connectivity index (χ2n) is 9.98. The molecule has 0 heterocycles. The molecule has 31 heavy (non-hydrogen) atoms. The van der Waals surface area contributed by atoms with Crippen LogP contribution in [0.4, 0.5) is 0 Å². The number of aliphatic hydroxyl groups is 1. The van der Waals surface area contributed by atoms with Crippen molar-refractivity contribution in [3.05, 3.63) is 24.3 Å². The van der Waals surface area contributed by atoms with E-state index < -0.39 is 12.9 Å². The number of rotatable bonds is 20. The van der Waals surface area contributed by atoms with E-state index in [0.717, 1.165) is 25.7 Å². The minimum Gasteiger partial charge on any atom is -0.373 e. The van der Waals surface area contributed by atoms with E-state index in [1.165, 1.54) is 57.8 Å². The summed E-state index contributed by atoms with van der Waals surface area (Å²) in [5.74, 6) is 0. The Morgan fingerprint density at radius 3 is 1.52 bits per heavy atom. The molecule has 0 radical (unpaired) electrons. The lowest BCUT2D eigenvalue weighted by Gasteiger charge is -2.35. The SMILES string of the molecule is CC/C=C\CCCC/C=C\CCCCCCCCCCC(O)(C[N+](C)(C)C)P(=O)(O)O. The van der Waals surface area contributed by atoms with Gasteiger partial charge in [0.25, 0.3) is 0 Å². The number of nitrogens with zero attached hydrogens (tertiary/aromatic N) is 1. The zero-order chi connectivity index (χ0) is 23.6. The van der Waals surface area contributed by atoms with E-state index in [4.69, 9.17) is 0 Å². The zero-order valence-electron chi connectivity index (χ0n) is 20.8. The number of hydrogen-bond acceptors (Lipinski definition) is 2. The lowest BCUT2D eigenvalue weighted by Crippen LogP contribution is -2.49. The Kier molecular flexibility index (Phi) is 16.8. The van der Waals surface area contributed by atoms with E-state index in [1.54, 1.807) is 0 Å². The fourth-order valence-electron chi connectivity index (χ4n) is 3.85. The molecule has 0 aliphatic rings. The number of quaternary nitrogens is 1. The van der Waals surface area contributed by atoms with Gasteiger partial charge in [0.2, 0.25) is 5.34 Å². The van der Waals surface area contributed by atoms with Gasteiger partial charge < -0.3 is 19.4 Å². The Hall–Kier alpha value is -0.450. The highest BCUT2D eigenvalue weighted by Crippen LogP contribution is 2.52. The lowest BCUT2D eigenvalue weighted by molar-refractivity contribution is -0.875. The summed E-state index contributed by atoms with van der Waals surface area (Å²) in [6.07, 6.45) is 25.5. The second-order valence-corrected chi connectivity index (χ2v) is 11.9. The summed E-state index contributed by atoms with van der Waals surface area (Å²) in [7, 11) is 0.966. The molecule has 1 atom stereocenters. The van der Waals surface area contributed by atoms with Gasteiger partial charge in [0.05, 0.1) is 21.1 Å². The van der Waals surface area contributed by atoms with Crippen LogP contribution in [0, 0.1) is 0 Å². The smallest absolute Gasteiger partial charge is 0.362 e. The number of unbranched alkanes of at least 4 members (excludes halogenated alkanes) is 11. The van der Waals surface area contributed by atoms with Crippen LogP contribution in [0.25, 0.3) is 0 Å². The van der Waals surface area contributed by atoms with Crippen LogP contribution in [0.2, 0.25) is 0 Å². The molecule has 0 fully saturated rings. The Morgan fingerprint density at radius 2 is 1.10 bits per heavy atom. The maximum atomic E-state index is 11.8. The summed E-state index contributed by atoms with van der Waals surface area (Å²) >= 11 is 0. The molecule has 6 heteroatoms. The summed E-state index contributed by atoms with van der Waals surface area (Å²) in [4.78, 5) is 19.2. The van der Waals surface area contributed by atoms with E-state index in [0.29, 0.717) is 10.9 Å². The van der Waals surface area contributed by atoms with Crippen molar-refractivity contribution < 1.29 is 23.9 Å². The van der Waals surface area contributed by atoms with Crippen LogP contribution in [0.5, 0.6) is 0 Å². The molecule has 0 bridgehead atoms. The molecule has 184 valence electrons. The molecule has 0 aliphatic heterocycles. The highest BCUT2D eigenvalue weighted by atomic mass is 31.2. The van der Waals surface area contributed by atoms with E-state index in [2.05, 4.69) is 31.2 Å². The molecule has 5 nitrogen and oxygen atoms in total. The van der Waals surface area contributed by atoms with Crippen LogP contribution >= 0.6 is 7.60 Å². The Labute approximate surface area is 192 Å². The van der Waals surface area contributed by atoms with Crippen molar-refractivity contribution in [2.75, 3.05) is 27.7 Å². The van der Waals surface area contributed by atoms with E-state index in [1.807, 2.05) is 21.1 Å². The third-order valence-electron chi connectivity index (χ3n) is 5.53. The fourth-order valence-corrected chi connectivity index (χ4v) is 4.91. The van der Waals surface area contributed by atoms with Crippen LogP contribution in [0.15, 0.2) is 24.3 Å². The van der Waals surface area contributed by atoms with Crippen molar-refractivity contribution in [3.63, 3.8) is 0 Å². The minimum atomic E-state index is -4.55.